The van der Waals surface area contributed by atoms with Crippen molar-refractivity contribution < 1.29 is 19.5 Å². The summed E-state index contributed by atoms with van der Waals surface area (Å²) < 4.78 is 0. The van der Waals surface area contributed by atoms with Crippen molar-refractivity contribution in [1.82, 2.24) is 10.2 Å². The second-order valence-electron chi connectivity index (χ2n) is 6.24. The minimum Gasteiger partial charge on any atom is -0.481 e. The molecule has 1 aromatic rings. The van der Waals surface area contributed by atoms with Gasteiger partial charge in [0, 0.05) is 26.1 Å². The maximum absolute atomic E-state index is 11.9. The Morgan fingerprint density at radius 1 is 1.26 bits per heavy atom. The van der Waals surface area contributed by atoms with Gasteiger partial charge in [-0.15, -0.1) is 0 Å². The number of carboxylic acids is 1. The van der Waals surface area contributed by atoms with Gasteiger partial charge in [0.2, 0.25) is 11.8 Å². The Bertz CT molecular complexity index is 643. The summed E-state index contributed by atoms with van der Waals surface area (Å²) in [5.41, 5.74) is 2.00. The average Bonchev–Trinajstić information content (AvgIpc) is 3.25. The fourth-order valence-corrected chi connectivity index (χ4v) is 3.01. The summed E-state index contributed by atoms with van der Waals surface area (Å²) in [6.45, 7) is 1.78. The molecule has 0 bridgehead atoms. The quantitative estimate of drug-likeness (QED) is 0.824. The first-order chi connectivity index (χ1) is 11.0. The van der Waals surface area contributed by atoms with Crippen LogP contribution in [0.3, 0.4) is 0 Å². The zero-order valence-corrected chi connectivity index (χ0v) is 12.8. The van der Waals surface area contributed by atoms with E-state index in [1.165, 1.54) is 0 Å². The summed E-state index contributed by atoms with van der Waals surface area (Å²) in [5.74, 6) is -1.82. The molecule has 0 radical (unpaired) electrons. The molecule has 2 fully saturated rings. The van der Waals surface area contributed by atoms with Crippen molar-refractivity contribution in [3.8, 4) is 0 Å². The van der Waals surface area contributed by atoms with Crippen molar-refractivity contribution >= 4 is 17.8 Å². The van der Waals surface area contributed by atoms with Crippen molar-refractivity contribution in [3.63, 3.8) is 0 Å². The van der Waals surface area contributed by atoms with E-state index < -0.39 is 17.8 Å². The van der Waals surface area contributed by atoms with Crippen LogP contribution in [-0.4, -0.2) is 34.3 Å². The number of hydrogen-bond donors (Lipinski definition) is 2. The predicted molar refractivity (Wildman–Crippen MR) is 82.2 cm³/mol. The molecule has 2 N–H and O–H groups in total. The van der Waals surface area contributed by atoms with Crippen LogP contribution in [0.25, 0.3) is 0 Å². The average molecular weight is 316 g/mol. The maximum Gasteiger partial charge on any atom is 0.307 e. The van der Waals surface area contributed by atoms with E-state index in [1.807, 2.05) is 29.2 Å². The van der Waals surface area contributed by atoms with Gasteiger partial charge in [0.05, 0.1) is 11.8 Å². The summed E-state index contributed by atoms with van der Waals surface area (Å²) in [4.78, 5) is 36.2. The molecule has 3 rings (SSSR count). The number of amides is 2. The number of carbonyl (C=O) groups excluding carboxylic acids is 2. The number of carboxylic acid groups (broad SMARTS) is 1. The molecule has 122 valence electrons. The van der Waals surface area contributed by atoms with Crippen LogP contribution < -0.4 is 5.32 Å². The van der Waals surface area contributed by atoms with Gasteiger partial charge in [-0.3, -0.25) is 14.4 Å². The van der Waals surface area contributed by atoms with Crippen LogP contribution in [-0.2, 0) is 27.5 Å². The number of aliphatic carboxylic acids is 1. The van der Waals surface area contributed by atoms with E-state index in [-0.39, 0.29) is 11.8 Å². The van der Waals surface area contributed by atoms with Gasteiger partial charge in [-0.25, -0.2) is 0 Å². The van der Waals surface area contributed by atoms with E-state index >= 15 is 0 Å². The van der Waals surface area contributed by atoms with Crippen molar-refractivity contribution in [2.75, 3.05) is 6.54 Å². The normalized spacial score (nSPS) is 23.0. The molecule has 2 atom stereocenters. The van der Waals surface area contributed by atoms with Crippen LogP contribution >= 0.6 is 0 Å². The summed E-state index contributed by atoms with van der Waals surface area (Å²) in [6.07, 6.45) is 1.97. The lowest BCUT2D eigenvalue weighted by Gasteiger charge is -2.16. The molecular weight excluding hydrogens is 296 g/mol. The van der Waals surface area contributed by atoms with Crippen molar-refractivity contribution in [2.24, 2.45) is 11.8 Å². The monoisotopic (exact) mass is 316 g/mol. The van der Waals surface area contributed by atoms with Crippen LogP contribution in [0.1, 0.15) is 30.4 Å². The molecule has 2 amide bonds. The fourth-order valence-electron chi connectivity index (χ4n) is 3.01. The zero-order chi connectivity index (χ0) is 16.4. The fraction of sp³-hybridized carbons (Fsp3) is 0.471. The molecule has 0 aromatic heterocycles. The third kappa shape index (κ3) is 3.70. The van der Waals surface area contributed by atoms with Gasteiger partial charge in [0.25, 0.3) is 0 Å². The molecule has 1 aliphatic heterocycles. The van der Waals surface area contributed by atoms with Crippen LogP contribution in [0.5, 0.6) is 0 Å². The lowest BCUT2D eigenvalue weighted by atomic mass is 10.1. The van der Waals surface area contributed by atoms with Crippen LogP contribution in [0.4, 0.5) is 0 Å². The second kappa shape index (κ2) is 6.40. The Kier molecular flexibility index (Phi) is 4.32. The Balaban J connectivity index is 1.52. The summed E-state index contributed by atoms with van der Waals surface area (Å²) >= 11 is 0. The molecule has 2 aliphatic rings. The Labute approximate surface area is 134 Å². The van der Waals surface area contributed by atoms with Gasteiger partial charge in [-0.1, -0.05) is 24.3 Å². The van der Waals surface area contributed by atoms with Gasteiger partial charge < -0.3 is 15.3 Å². The molecule has 1 aliphatic carbocycles. The third-order valence-electron chi connectivity index (χ3n) is 4.45. The minimum absolute atomic E-state index is 0.192. The highest BCUT2D eigenvalue weighted by atomic mass is 16.4. The van der Waals surface area contributed by atoms with E-state index in [1.54, 1.807) is 0 Å². The second-order valence-corrected chi connectivity index (χ2v) is 6.24. The molecule has 1 saturated heterocycles. The number of nitrogens with zero attached hydrogens (tertiary/aromatic N) is 1. The minimum atomic E-state index is -0.901. The summed E-state index contributed by atoms with van der Waals surface area (Å²) in [5, 5.41) is 11.6. The first-order valence-corrected chi connectivity index (χ1v) is 7.90. The number of rotatable bonds is 6. The first-order valence-electron chi connectivity index (χ1n) is 7.90. The van der Waals surface area contributed by atoms with Gasteiger partial charge >= 0.3 is 5.97 Å². The van der Waals surface area contributed by atoms with Crippen molar-refractivity contribution in [1.29, 1.82) is 0 Å². The zero-order valence-electron chi connectivity index (χ0n) is 12.8. The molecule has 0 unspecified atom stereocenters. The van der Waals surface area contributed by atoms with Crippen molar-refractivity contribution in [2.45, 2.75) is 32.4 Å². The maximum atomic E-state index is 11.9. The topological polar surface area (TPSA) is 86.7 Å². The number of carbonyl (C=O) groups is 3. The van der Waals surface area contributed by atoms with E-state index in [4.69, 9.17) is 5.11 Å². The predicted octanol–water partition coefficient (Wildman–Crippen LogP) is 1.15. The smallest absolute Gasteiger partial charge is 0.307 e. The number of hydrogen-bond acceptors (Lipinski definition) is 3. The Hall–Kier alpha value is -2.37. The molecule has 1 heterocycles. The highest BCUT2D eigenvalue weighted by Crippen LogP contribution is 2.38. The third-order valence-corrected chi connectivity index (χ3v) is 4.45. The molecule has 6 nitrogen and oxygen atoms in total. The summed E-state index contributed by atoms with van der Waals surface area (Å²) in [7, 11) is 0. The standard InChI is InChI=1S/C17H20N2O4/c20-15-5-2-6-19(15)10-12-4-1-3-11(7-12)9-18-16(21)13-8-14(13)17(22)23/h1,3-4,7,13-14H,2,5-6,8-10H2,(H,18,21)(H,22,23)/t13-,14+/m1/s1. The largest absolute Gasteiger partial charge is 0.481 e. The highest BCUT2D eigenvalue weighted by molar-refractivity contribution is 5.89. The lowest BCUT2D eigenvalue weighted by Crippen LogP contribution is -2.26. The molecule has 1 aromatic carbocycles. The van der Waals surface area contributed by atoms with E-state index in [9.17, 15) is 14.4 Å². The summed E-state index contributed by atoms with van der Waals surface area (Å²) in [6, 6.07) is 7.78. The van der Waals surface area contributed by atoms with Crippen LogP contribution in [0.15, 0.2) is 24.3 Å². The van der Waals surface area contributed by atoms with Gasteiger partial charge in [0.1, 0.15) is 0 Å². The molecule has 0 spiro atoms. The number of nitrogens with one attached hydrogen (secondary N) is 1. The number of benzene rings is 1. The highest BCUT2D eigenvalue weighted by Gasteiger charge is 2.48. The van der Waals surface area contributed by atoms with Crippen molar-refractivity contribution in [3.05, 3.63) is 35.4 Å². The SMILES string of the molecule is O=C(O)[C@H]1C[C@H]1C(=O)NCc1cccc(CN2CCCC2=O)c1. The molecule has 1 saturated carbocycles. The molecule has 6 heteroatoms. The number of likely N-dealkylation sites (tertiary alicyclic amines) is 1. The Morgan fingerprint density at radius 2 is 2.04 bits per heavy atom. The van der Waals surface area contributed by atoms with E-state index in [0.717, 1.165) is 24.1 Å². The van der Waals surface area contributed by atoms with Gasteiger partial charge in [-0.2, -0.15) is 0 Å². The van der Waals surface area contributed by atoms with Crippen LogP contribution in [0, 0.1) is 11.8 Å². The molecule has 23 heavy (non-hydrogen) atoms. The Morgan fingerprint density at radius 3 is 2.70 bits per heavy atom. The van der Waals surface area contributed by atoms with Gasteiger partial charge in [-0.05, 0) is 24.0 Å². The lowest BCUT2D eigenvalue weighted by molar-refractivity contribution is -0.140. The van der Waals surface area contributed by atoms with Gasteiger partial charge in [0.15, 0.2) is 0 Å². The van der Waals surface area contributed by atoms with E-state index in [2.05, 4.69) is 5.32 Å². The van der Waals surface area contributed by atoms with Crippen LogP contribution in [0.2, 0.25) is 0 Å². The molecular formula is C17H20N2O4. The first kappa shape index (κ1) is 15.5. The van der Waals surface area contributed by atoms with E-state index in [0.29, 0.717) is 25.9 Å².